The number of nitrogens with zero attached hydrogens (tertiary/aromatic N) is 4. The van der Waals surface area contributed by atoms with Crippen molar-refractivity contribution in [3.63, 3.8) is 0 Å². The zero-order chi connectivity index (χ0) is 13.7. The van der Waals surface area contributed by atoms with Gasteiger partial charge in [0.05, 0.1) is 6.54 Å². The Kier molecular flexibility index (Phi) is 5.63. The molecule has 0 bridgehead atoms. The largest absolute Gasteiger partial charge is 0.315 e. The highest BCUT2D eigenvalue weighted by molar-refractivity contribution is 7.99. The van der Waals surface area contributed by atoms with Crippen LogP contribution in [0.4, 0.5) is 0 Å². The molecule has 2 rings (SSSR count). The molecular formula is C13H25N5S. The normalized spacial score (nSPS) is 27.6. The molecule has 108 valence electrons. The topological polar surface area (TPSA) is 55.6 Å². The highest BCUT2D eigenvalue weighted by Gasteiger charge is 2.26. The summed E-state index contributed by atoms with van der Waals surface area (Å²) in [6, 6.07) is 0. The molecule has 1 aromatic rings. The van der Waals surface area contributed by atoms with Crippen LogP contribution >= 0.6 is 11.8 Å². The van der Waals surface area contributed by atoms with Gasteiger partial charge in [-0.25, -0.2) is 4.68 Å². The molecule has 0 aliphatic heterocycles. The van der Waals surface area contributed by atoms with Crippen molar-refractivity contribution in [3.05, 3.63) is 0 Å². The average Bonchev–Trinajstić information content (AvgIpc) is 2.76. The van der Waals surface area contributed by atoms with Crippen molar-refractivity contribution in [2.75, 3.05) is 13.1 Å². The first-order valence-corrected chi connectivity index (χ1v) is 8.20. The molecule has 2 atom stereocenters. The molecule has 1 aliphatic carbocycles. The van der Waals surface area contributed by atoms with Crippen molar-refractivity contribution in [2.24, 2.45) is 11.8 Å². The summed E-state index contributed by atoms with van der Waals surface area (Å²) >= 11 is 1.86. The minimum absolute atomic E-state index is 0.669. The molecule has 0 radical (unpaired) electrons. The molecule has 1 aromatic heterocycles. The minimum atomic E-state index is 0.669. The maximum atomic E-state index is 4.18. The number of nitrogens with one attached hydrogen (secondary N) is 1. The molecule has 1 N–H and O–H groups in total. The molecule has 0 aromatic carbocycles. The van der Waals surface area contributed by atoms with Crippen LogP contribution in [0.3, 0.4) is 0 Å². The Labute approximate surface area is 119 Å². The molecule has 0 amide bonds. The van der Waals surface area contributed by atoms with Gasteiger partial charge in [0.15, 0.2) is 0 Å². The van der Waals surface area contributed by atoms with E-state index in [4.69, 9.17) is 0 Å². The standard InChI is InChI=1S/C13H25N5S/c1-4-14-5-6-18-13(15-16-17-18)19-12-8-10(2)7-11(3)9-12/h10-12,14H,4-9H2,1-3H3. The van der Waals surface area contributed by atoms with Crippen LogP contribution in [0, 0.1) is 11.8 Å². The lowest BCUT2D eigenvalue weighted by molar-refractivity contribution is 0.308. The fourth-order valence-electron chi connectivity index (χ4n) is 2.90. The summed E-state index contributed by atoms with van der Waals surface area (Å²) in [5.41, 5.74) is 0. The SMILES string of the molecule is CCNCCn1nnnc1SC1CC(C)CC(C)C1. The second-order valence-corrected chi connectivity index (χ2v) is 6.96. The zero-order valence-corrected chi connectivity index (χ0v) is 13.0. The molecule has 1 fully saturated rings. The van der Waals surface area contributed by atoms with Crippen LogP contribution in [-0.4, -0.2) is 38.5 Å². The van der Waals surface area contributed by atoms with Gasteiger partial charge < -0.3 is 5.32 Å². The zero-order valence-electron chi connectivity index (χ0n) is 12.2. The van der Waals surface area contributed by atoms with Gasteiger partial charge in [0.2, 0.25) is 5.16 Å². The van der Waals surface area contributed by atoms with E-state index in [-0.39, 0.29) is 0 Å². The van der Waals surface area contributed by atoms with Crippen molar-refractivity contribution < 1.29 is 0 Å². The van der Waals surface area contributed by atoms with Crippen molar-refractivity contribution in [1.29, 1.82) is 0 Å². The summed E-state index contributed by atoms with van der Waals surface area (Å²) in [5.74, 6) is 1.65. The molecule has 0 spiro atoms. The summed E-state index contributed by atoms with van der Waals surface area (Å²) < 4.78 is 1.93. The molecule has 1 aliphatic rings. The van der Waals surface area contributed by atoms with E-state index in [1.54, 1.807) is 0 Å². The summed E-state index contributed by atoms with van der Waals surface area (Å²) in [7, 11) is 0. The number of likely N-dealkylation sites (N-methyl/N-ethyl adjacent to an activating group) is 1. The Morgan fingerprint density at radius 2 is 2.00 bits per heavy atom. The highest BCUT2D eigenvalue weighted by Crippen LogP contribution is 2.37. The molecule has 0 saturated heterocycles. The van der Waals surface area contributed by atoms with Gasteiger partial charge in [-0.1, -0.05) is 32.5 Å². The number of rotatable bonds is 6. The lowest BCUT2D eigenvalue weighted by Gasteiger charge is -2.30. The van der Waals surface area contributed by atoms with Gasteiger partial charge in [0.25, 0.3) is 0 Å². The van der Waals surface area contributed by atoms with Crippen molar-refractivity contribution >= 4 is 11.8 Å². The van der Waals surface area contributed by atoms with Crippen LogP contribution in [-0.2, 0) is 6.54 Å². The van der Waals surface area contributed by atoms with Crippen molar-refractivity contribution in [1.82, 2.24) is 25.5 Å². The Bertz CT molecular complexity index is 371. The predicted octanol–water partition coefficient (Wildman–Crippen LogP) is 2.20. The molecule has 2 unspecified atom stereocenters. The first-order valence-electron chi connectivity index (χ1n) is 7.32. The summed E-state index contributed by atoms with van der Waals surface area (Å²) in [6.07, 6.45) is 3.94. The van der Waals surface area contributed by atoms with E-state index >= 15 is 0 Å². The molecule has 5 nitrogen and oxygen atoms in total. The van der Waals surface area contributed by atoms with E-state index in [2.05, 4.69) is 41.6 Å². The first-order chi connectivity index (χ1) is 9.19. The third kappa shape index (κ3) is 4.45. The maximum absolute atomic E-state index is 4.18. The third-order valence-corrected chi connectivity index (χ3v) is 4.88. The Balaban J connectivity index is 1.89. The number of thioether (sulfide) groups is 1. The van der Waals surface area contributed by atoms with E-state index < -0.39 is 0 Å². The lowest BCUT2D eigenvalue weighted by atomic mass is 9.83. The highest BCUT2D eigenvalue weighted by atomic mass is 32.2. The van der Waals surface area contributed by atoms with E-state index in [0.717, 1.165) is 36.6 Å². The second-order valence-electron chi connectivity index (χ2n) is 5.70. The quantitative estimate of drug-likeness (QED) is 0.811. The molecule has 1 heterocycles. The first kappa shape index (κ1) is 14.8. The Morgan fingerprint density at radius 1 is 1.26 bits per heavy atom. The van der Waals surface area contributed by atoms with E-state index in [0.29, 0.717) is 5.25 Å². The summed E-state index contributed by atoms with van der Waals surface area (Å²) in [4.78, 5) is 0. The summed E-state index contributed by atoms with van der Waals surface area (Å²) in [5, 5.41) is 17.0. The predicted molar refractivity (Wildman–Crippen MR) is 78.2 cm³/mol. The van der Waals surface area contributed by atoms with Gasteiger partial charge >= 0.3 is 0 Å². The monoisotopic (exact) mass is 283 g/mol. The van der Waals surface area contributed by atoms with Gasteiger partial charge in [-0.15, -0.1) is 5.10 Å². The molecule has 6 heteroatoms. The second kappa shape index (κ2) is 7.24. The number of aromatic nitrogens is 4. The number of tetrazole rings is 1. The van der Waals surface area contributed by atoms with Crippen LogP contribution in [0.25, 0.3) is 0 Å². The van der Waals surface area contributed by atoms with Crippen LogP contribution in [0.15, 0.2) is 5.16 Å². The van der Waals surface area contributed by atoms with Crippen LogP contribution in [0.2, 0.25) is 0 Å². The fraction of sp³-hybridized carbons (Fsp3) is 0.923. The number of hydrogen-bond acceptors (Lipinski definition) is 5. The van der Waals surface area contributed by atoms with Gasteiger partial charge in [-0.3, -0.25) is 0 Å². The lowest BCUT2D eigenvalue weighted by Crippen LogP contribution is -2.23. The smallest absolute Gasteiger partial charge is 0.209 e. The molecule has 1 saturated carbocycles. The van der Waals surface area contributed by atoms with Gasteiger partial charge in [0.1, 0.15) is 0 Å². The molecule has 19 heavy (non-hydrogen) atoms. The summed E-state index contributed by atoms with van der Waals surface area (Å²) in [6.45, 7) is 9.59. The van der Waals surface area contributed by atoms with Crippen LogP contribution in [0.1, 0.15) is 40.0 Å². The van der Waals surface area contributed by atoms with Gasteiger partial charge in [-0.2, -0.15) is 0 Å². The fourth-order valence-corrected chi connectivity index (χ4v) is 4.38. The third-order valence-electron chi connectivity index (χ3n) is 3.66. The number of hydrogen-bond donors (Lipinski definition) is 1. The van der Waals surface area contributed by atoms with Gasteiger partial charge in [0, 0.05) is 11.8 Å². The van der Waals surface area contributed by atoms with Crippen molar-refractivity contribution in [3.8, 4) is 0 Å². The van der Waals surface area contributed by atoms with Crippen molar-refractivity contribution in [2.45, 2.75) is 57.0 Å². The molecular weight excluding hydrogens is 258 g/mol. The van der Waals surface area contributed by atoms with Crippen LogP contribution in [0.5, 0.6) is 0 Å². The van der Waals surface area contributed by atoms with E-state index in [1.807, 2.05) is 16.4 Å². The average molecular weight is 283 g/mol. The maximum Gasteiger partial charge on any atom is 0.209 e. The minimum Gasteiger partial charge on any atom is -0.315 e. The van der Waals surface area contributed by atoms with Gasteiger partial charge in [-0.05, 0) is 48.1 Å². The Hall–Kier alpha value is -0.620. The van der Waals surface area contributed by atoms with E-state index in [1.165, 1.54) is 19.3 Å². The Morgan fingerprint density at radius 3 is 2.68 bits per heavy atom. The van der Waals surface area contributed by atoms with E-state index in [9.17, 15) is 0 Å². The van der Waals surface area contributed by atoms with Crippen LogP contribution < -0.4 is 5.32 Å².